The van der Waals surface area contributed by atoms with Crippen molar-refractivity contribution in [1.29, 1.82) is 0 Å². The number of H-pyrrole nitrogens is 1. The molecule has 0 saturated heterocycles. The van der Waals surface area contributed by atoms with E-state index in [1.54, 1.807) is 0 Å². The Morgan fingerprint density at radius 3 is 2.82 bits per heavy atom. The second-order valence-corrected chi connectivity index (χ2v) is 4.45. The lowest BCUT2D eigenvalue weighted by Gasteiger charge is -2.00. The van der Waals surface area contributed by atoms with Gasteiger partial charge in [0.1, 0.15) is 0 Å². The zero-order valence-corrected chi connectivity index (χ0v) is 10.2. The van der Waals surface area contributed by atoms with Crippen molar-refractivity contribution < 1.29 is 9.90 Å². The Balaban J connectivity index is 2.59. The predicted molar refractivity (Wildman–Crippen MR) is 68.4 cm³/mol. The molecule has 2 rings (SSSR count). The van der Waals surface area contributed by atoms with Gasteiger partial charge in [-0.3, -0.25) is 4.79 Å². The lowest BCUT2D eigenvalue weighted by atomic mass is 10.0. The van der Waals surface area contributed by atoms with Gasteiger partial charge in [0.2, 0.25) is 0 Å². The number of hydrogen-bond acceptors (Lipinski definition) is 1. The largest absolute Gasteiger partial charge is 0.481 e. The van der Waals surface area contributed by atoms with Crippen LogP contribution in [0.25, 0.3) is 10.9 Å². The Labute approximate surface area is 100 Å². The van der Waals surface area contributed by atoms with Crippen molar-refractivity contribution in [3.8, 4) is 0 Å². The van der Waals surface area contributed by atoms with Crippen molar-refractivity contribution in [2.45, 2.75) is 33.1 Å². The van der Waals surface area contributed by atoms with Crippen LogP contribution in [0.4, 0.5) is 0 Å². The SMILES string of the molecule is CCCc1[nH]c2ccc(C)cc2c1CC(=O)O. The average Bonchev–Trinajstić information content (AvgIpc) is 2.57. The smallest absolute Gasteiger partial charge is 0.307 e. The van der Waals surface area contributed by atoms with Gasteiger partial charge in [-0.2, -0.15) is 0 Å². The summed E-state index contributed by atoms with van der Waals surface area (Å²) in [5.74, 6) is -0.773. The topological polar surface area (TPSA) is 53.1 Å². The number of carboxylic acid groups (broad SMARTS) is 1. The highest BCUT2D eigenvalue weighted by molar-refractivity contribution is 5.88. The van der Waals surface area contributed by atoms with Crippen LogP contribution in [0, 0.1) is 6.92 Å². The maximum atomic E-state index is 10.9. The minimum Gasteiger partial charge on any atom is -0.481 e. The van der Waals surface area contributed by atoms with E-state index in [0.29, 0.717) is 0 Å². The number of hydrogen-bond donors (Lipinski definition) is 2. The Bertz CT molecular complexity index is 555. The van der Waals surface area contributed by atoms with Gasteiger partial charge in [0.15, 0.2) is 0 Å². The molecule has 0 bridgehead atoms. The fraction of sp³-hybridized carbons (Fsp3) is 0.357. The molecule has 0 amide bonds. The lowest BCUT2D eigenvalue weighted by molar-refractivity contribution is -0.136. The Kier molecular flexibility index (Phi) is 3.18. The summed E-state index contributed by atoms with van der Waals surface area (Å²) in [6.45, 7) is 4.12. The molecule has 0 saturated carbocycles. The minimum absolute atomic E-state index is 0.0960. The minimum atomic E-state index is -0.773. The van der Waals surface area contributed by atoms with Crippen LogP contribution in [-0.2, 0) is 17.6 Å². The number of nitrogens with one attached hydrogen (secondary N) is 1. The maximum Gasteiger partial charge on any atom is 0.307 e. The van der Waals surface area contributed by atoms with Gasteiger partial charge >= 0.3 is 5.97 Å². The number of carbonyl (C=O) groups is 1. The fourth-order valence-electron chi connectivity index (χ4n) is 2.23. The third kappa shape index (κ3) is 2.33. The first-order valence-corrected chi connectivity index (χ1v) is 5.93. The van der Waals surface area contributed by atoms with Crippen molar-refractivity contribution >= 4 is 16.9 Å². The molecule has 2 N–H and O–H groups in total. The Hall–Kier alpha value is -1.77. The van der Waals surface area contributed by atoms with Crippen LogP contribution < -0.4 is 0 Å². The molecule has 0 spiro atoms. The molecule has 17 heavy (non-hydrogen) atoms. The second kappa shape index (κ2) is 4.62. The van der Waals surface area contributed by atoms with Crippen LogP contribution in [0.2, 0.25) is 0 Å². The average molecular weight is 231 g/mol. The van der Waals surface area contributed by atoms with Crippen LogP contribution in [-0.4, -0.2) is 16.1 Å². The van der Waals surface area contributed by atoms with Crippen molar-refractivity contribution in [2.24, 2.45) is 0 Å². The van der Waals surface area contributed by atoms with Gasteiger partial charge in [0, 0.05) is 16.6 Å². The van der Waals surface area contributed by atoms with Gasteiger partial charge in [-0.25, -0.2) is 0 Å². The summed E-state index contributed by atoms with van der Waals surface area (Å²) < 4.78 is 0. The quantitative estimate of drug-likeness (QED) is 0.849. The van der Waals surface area contributed by atoms with Gasteiger partial charge in [0.25, 0.3) is 0 Å². The van der Waals surface area contributed by atoms with Crippen LogP contribution in [0.3, 0.4) is 0 Å². The molecular formula is C14H17NO2. The summed E-state index contributed by atoms with van der Waals surface area (Å²) in [6, 6.07) is 6.12. The summed E-state index contributed by atoms with van der Waals surface area (Å²) in [4.78, 5) is 14.3. The first-order chi connectivity index (χ1) is 8.11. The van der Waals surface area contributed by atoms with Crippen LogP contribution in [0.5, 0.6) is 0 Å². The number of fused-ring (bicyclic) bond motifs is 1. The fourth-order valence-corrected chi connectivity index (χ4v) is 2.23. The maximum absolute atomic E-state index is 10.9. The summed E-state index contributed by atoms with van der Waals surface area (Å²) in [7, 11) is 0. The van der Waals surface area contributed by atoms with E-state index in [-0.39, 0.29) is 6.42 Å². The Morgan fingerprint density at radius 2 is 2.18 bits per heavy atom. The molecule has 0 aliphatic carbocycles. The van der Waals surface area contributed by atoms with Crippen LogP contribution >= 0.6 is 0 Å². The molecule has 3 heteroatoms. The number of benzene rings is 1. The molecule has 0 aliphatic rings. The predicted octanol–water partition coefficient (Wildman–Crippen LogP) is 3.06. The molecule has 0 aliphatic heterocycles. The molecule has 3 nitrogen and oxygen atoms in total. The van der Waals surface area contributed by atoms with E-state index in [1.807, 2.05) is 19.1 Å². The molecule has 0 radical (unpaired) electrons. The van der Waals surface area contributed by atoms with E-state index < -0.39 is 5.97 Å². The van der Waals surface area contributed by atoms with E-state index in [1.165, 1.54) is 0 Å². The van der Waals surface area contributed by atoms with Crippen molar-refractivity contribution in [2.75, 3.05) is 0 Å². The first-order valence-electron chi connectivity index (χ1n) is 5.93. The molecule has 2 aromatic rings. The van der Waals surface area contributed by atoms with Crippen LogP contribution in [0.15, 0.2) is 18.2 Å². The first kappa shape index (κ1) is 11.7. The van der Waals surface area contributed by atoms with Gasteiger partial charge in [-0.1, -0.05) is 25.0 Å². The molecule has 1 aromatic heterocycles. The standard InChI is InChI=1S/C14H17NO2/c1-3-4-12-11(8-14(16)17)10-7-9(2)5-6-13(10)15-12/h5-7,15H,3-4,8H2,1-2H3,(H,16,17). The van der Waals surface area contributed by atoms with E-state index in [9.17, 15) is 4.79 Å². The van der Waals surface area contributed by atoms with Crippen LogP contribution in [0.1, 0.15) is 30.2 Å². The molecule has 0 atom stereocenters. The number of rotatable bonds is 4. The molecule has 0 fully saturated rings. The summed E-state index contributed by atoms with van der Waals surface area (Å²) in [5, 5.41) is 10.0. The van der Waals surface area contributed by atoms with Gasteiger partial charge in [-0.05, 0) is 31.0 Å². The molecule has 90 valence electrons. The van der Waals surface area contributed by atoms with E-state index in [4.69, 9.17) is 5.11 Å². The molecular weight excluding hydrogens is 214 g/mol. The normalized spacial score (nSPS) is 10.9. The van der Waals surface area contributed by atoms with Crippen molar-refractivity contribution in [3.63, 3.8) is 0 Å². The van der Waals surface area contributed by atoms with Gasteiger partial charge in [0.05, 0.1) is 6.42 Å². The third-order valence-electron chi connectivity index (χ3n) is 2.98. The highest BCUT2D eigenvalue weighted by Gasteiger charge is 2.13. The number of aliphatic carboxylic acids is 1. The van der Waals surface area contributed by atoms with E-state index in [2.05, 4.69) is 18.0 Å². The van der Waals surface area contributed by atoms with Gasteiger partial charge < -0.3 is 10.1 Å². The number of aromatic amines is 1. The molecule has 1 heterocycles. The second-order valence-electron chi connectivity index (χ2n) is 4.45. The van der Waals surface area contributed by atoms with Gasteiger partial charge in [-0.15, -0.1) is 0 Å². The van der Waals surface area contributed by atoms with Crippen molar-refractivity contribution in [1.82, 2.24) is 4.98 Å². The number of carboxylic acids is 1. The zero-order chi connectivity index (χ0) is 12.4. The third-order valence-corrected chi connectivity index (χ3v) is 2.98. The monoisotopic (exact) mass is 231 g/mol. The van der Waals surface area contributed by atoms with Crippen molar-refractivity contribution in [3.05, 3.63) is 35.0 Å². The molecule has 0 unspecified atom stereocenters. The van der Waals surface area contributed by atoms with E-state index in [0.717, 1.165) is 40.6 Å². The summed E-state index contributed by atoms with van der Waals surface area (Å²) in [5.41, 5.74) is 4.20. The summed E-state index contributed by atoms with van der Waals surface area (Å²) >= 11 is 0. The number of aromatic nitrogens is 1. The lowest BCUT2D eigenvalue weighted by Crippen LogP contribution is -2.02. The number of aryl methyl sites for hydroxylation is 2. The molecule has 1 aromatic carbocycles. The highest BCUT2D eigenvalue weighted by Crippen LogP contribution is 2.25. The summed E-state index contributed by atoms with van der Waals surface area (Å²) in [6.07, 6.45) is 2.01. The van der Waals surface area contributed by atoms with E-state index >= 15 is 0 Å². The highest BCUT2D eigenvalue weighted by atomic mass is 16.4. The zero-order valence-electron chi connectivity index (χ0n) is 10.2. The Morgan fingerprint density at radius 1 is 1.41 bits per heavy atom.